The van der Waals surface area contributed by atoms with E-state index in [1.54, 1.807) is 12.1 Å². The summed E-state index contributed by atoms with van der Waals surface area (Å²) in [5.41, 5.74) is 0.614. The molecule has 0 radical (unpaired) electrons. The highest BCUT2D eigenvalue weighted by molar-refractivity contribution is 6.61. The molecule has 1 rings (SSSR count). The van der Waals surface area contributed by atoms with Crippen LogP contribution < -0.4 is 0 Å². The Hall–Kier alpha value is -1.59. The number of phenols is 1. The third-order valence-corrected chi connectivity index (χ3v) is 4.07. The first kappa shape index (κ1) is 22.5. The van der Waals surface area contributed by atoms with Crippen molar-refractivity contribution < 1.29 is 24.2 Å². The van der Waals surface area contributed by atoms with Gasteiger partial charge in [-0.2, -0.15) is 0 Å². The van der Waals surface area contributed by atoms with Crippen molar-refractivity contribution in [3.63, 3.8) is 0 Å². The van der Waals surface area contributed by atoms with Gasteiger partial charge >= 0.3 is 5.43 Å². The van der Waals surface area contributed by atoms with Crippen LogP contribution in [0.2, 0.25) is 0 Å². The monoisotopic (exact) mass is 384 g/mol. The van der Waals surface area contributed by atoms with Crippen molar-refractivity contribution in [1.82, 2.24) is 0 Å². The average molecular weight is 385 g/mol. The van der Waals surface area contributed by atoms with Crippen LogP contribution in [0.15, 0.2) is 12.1 Å². The van der Waals surface area contributed by atoms with Gasteiger partial charge in [0, 0.05) is 34.7 Å². The number of hydrogen-bond donors (Lipinski definition) is 1. The molecule has 5 nitrogen and oxygen atoms in total. The number of carbonyl (C=O) groups excluding carboxylic acids is 2. The molecule has 0 aromatic heterocycles. The Labute approximate surface area is 160 Å². The van der Waals surface area contributed by atoms with Crippen LogP contribution in [0.25, 0.3) is 0 Å². The lowest BCUT2D eigenvalue weighted by Crippen LogP contribution is -2.19. The first-order valence-corrected chi connectivity index (χ1v) is 9.03. The summed E-state index contributed by atoms with van der Waals surface area (Å²) < 4.78 is 9.83. The molecule has 0 fully saturated rings. The molecule has 0 saturated carbocycles. The topological polar surface area (TPSA) is 72.8 Å². The lowest BCUT2D eigenvalue weighted by molar-refractivity contribution is 0.0719. The van der Waals surface area contributed by atoms with Crippen LogP contribution in [0.5, 0.6) is 5.75 Å². The van der Waals surface area contributed by atoms with Gasteiger partial charge in [-0.25, -0.2) is 4.79 Å². The van der Waals surface area contributed by atoms with Gasteiger partial charge in [0.25, 0.3) is 0 Å². The molecule has 1 aromatic rings. The van der Waals surface area contributed by atoms with Crippen molar-refractivity contribution in [1.29, 1.82) is 0 Å². The van der Waals surface area contributed by atoms with Gasteiger partial charge in [-0.1, -0.05) is 41.5 Å². The van der Waals surface area contributed by atoms with Gasteiger partial charge in [0.15, 0.2) is 5.78 Å². The van der Waals surface area contributed by atoms with Gasteiger partial charge in [0.05, 0.1) is 13.2 Å². The zero-order valence-electron chi connectivity index (χ0n) is 16.4. The van der Waals surface area contributed by atoms with Crippen LogP contribution >= 0.6 is 11.6 Å². The minimum atomic E-state index is -0.877. The summed E-state index contributed by atoms with van der Waals surface area (Å²) in [5, 5.41) is 10.7. The Morgan fingerprint density at radius 1 is 0.962 bits per heavy atom. The van der Waals surface area contributed by atoms with Gasteiger partial charge in [-0.3, -0.25) is 4.79 Å². The zero-order chi connectivity index (χ0) is 20.1. The summed E-state index contributed by atoms with van der Waals surface area (Å²) in [4.78, 5) is 23.0. The van der Waals surface area contributed by atoms with Crippen LogP contribution in [-0.2, 0) is 20.3 Å². The molecule has 0 aliphatic heterocycles. The number of benzene rings is 1. The minimum absolute atomic E-state index is 0.0536. The number of hydrogen-bond acceptors (Lipinski definition) is 5. The second-order valence-electron chi connectivity index (χ2n) is 8.29. The Morgan fingerprint density at radius 2 is 1.46 bits per heavy atom. The number of phenolic OH excluding ortho intramolecular Hbond substituents is 1. The van der Waals surface area contributed by atoms with Crippen LogP contribution in [0.1, 0.15) is 69.4 Å². The molecule has 1 aromatic carbocycles. The summed E-state index contributed by atoms with van der Waals surface area (Å²) in [6, 6.07) is 3.53. The van der Waals surface area contributed by atoms with E-state index >= 15 is 0 Å². The van der Waals surface area contributed by atoms with Gasteiger partial charge in [0.1, 0.15) is 12.4 Å². The predicted molar refractivity (Wildman–Crippen MR) is 102 cm³/mol. The van der Waals surface area contributed by atoms with Gasteiger partial charge in [-0.05, 0) is 23.0 Å². The molecule has 0 saturated heterocycles. The molecular weight excluding hydrogens is 356 g/mol. The molecule has 0 aliphatic rings. The van der Waals surface area contributed by atoms with Crippen LogP contribution in [0, 0.1) is 0 Å². The number of Topliss-reactive ketones (excluding diaryl/α,β-unsaturated/α-hetero) is 1. The van der Waals surface area contributed by atoms with Gasteiger partial charge in [0.2, 0.25) is 0 Å². The molecule has 0 unspecified atom stereocenters. The summed E-state index contributed by atoms with van der Waals surface area (Å²) in [5.74, 6) is 0.191. The fourth-order valence-electron chi connectivity index (χ4n) is 2.53. The molecule has 6 heteroatoms. The van der Waals surface area contributed by atoms with E-state index in [4.69, 9.17) is 16.3 Å². The molecule has 0 bridgehead atoms. The summed E-state index contributed by atoms with van der Waals surface area (Å²) in [7, 11) is 0. The Bertz CT molecular complexity index is 618. The maximum Gasteiger partial charge on any atom is 0.403 e. The Kier molecular flexibility index (Phi) is 7.66. The number of carbonyl (C=O) groups is 2. The Morgan fingerprint density at radius 3 is 1.88 bits per heavy atom. The Balaban J connectivity index is 2.91. The van der Waals surface area contributed by atoms with E-state index in [1.165, 1.54) is 0 Å². The van der Waals surface area contributed by atoms with Crippen LogP contribution in [-0.4, -0.2) is 36.1 Å². The second-order valence-corrected chi connectivity index (χ2v) is 8.60. The van der Waals surface area contributed by atoms with Crippen molar-refractivity contribution >= 4 is 22.8 Å². The fraction of sp³-hybridized carbons (Fsp3) is 0.600. The van der Waals surface area contributed by atoms with Gasteiger partial charge < -0.3 is 14.6 Å². The first-order chi connectivity index (χ1) is 11.8. The molecular formula is C20H29ClO5. The maximum absolute atomic E-state index is 12.6. The quantitative estimate of drug-likeness (QED) is 0.409. The first-order valence-electron chi connectivity index (χ1n) is 8.65. The van der Waals surface area contributed by atoms with E-state index < -0.39 is 5.43 Å². The fourth-order valence-corrected chi connectivity index (χ4v) is 2.61. The third-order valence-electron chi connectivity index (χ3n) is 3.96. The molecule has 0 atom stereocenters. The standard InChI is InChI=1S/C20H29ClO5/c1-19(2,3)14-11-13(12-15(17(14)23)20(4,5)6)16(22)7-8-25-9-10-26-18(21)24/h11-12,23H,7-10H2,1-6H3. The van der Waals surface area contributed by atoms with Crippen molar-refractivity contribution in [2.24, 2.45) is 0 Å². The second kappa shape index (κ2) is 8.87. The smallest absolute Gasteiger partial charge is 0.403 e. The lowest BCUT2D eigenvalue weighted by Gasteiger charge is -2.28. The minimum Gasteiger partial charge on any atom is -0.507 e. The summed E-state index contributed by atoms with van der Waals surface area (Å²) >= 11 is 5.05. The summed E-state index contributed by atoms with van der Waals surface area (Å²) in [6.07, 6.45) is 0.201. The molecule has 0 heterocycles. The van der Waals surface area contributed by atoms with Crippen molar-refractivity contribution in [3.05, 3.63) is 28.8 Å². The highest BCUT2D eigenvalue weighted by atomic mass is 35.5. The van der Waals surface area contributed by atoms with E-state index in [-0.39, 0.29) is 48.6 Å². The van der Waals surface area contributed by atoms with E-state index in [9.17, 15) is 14.7 Å². The molecule has 0 amide bonds. The van der Waals surface area contributed by atoms with E-state index in [0.29, 0.717) is 5.56 Å². The number of ketones is 1. The number of rotatable bonds is 7. The molecule has 0 spiro atoms. The highest BCUT2D eigenvalue weighted by Gasteiger charge is 2.27. The van der Waals surface area contributed by atoms with E-state index in [2.05, 4.69) is 4.74 Å². The van der Waals surface area contributed by atoms with Gasteiger partial charge in [-0.15, -0.1) is 0 Å². The molecule has 26 heavy (non-hydrogen) atoms. The van der Waals surface area contributed by atoms with Crippen molar-refractivity contribution in [2.75, 3.05) is 19.8 Å². The largest absolute Gasteiger partial charge is 0.507 e. The number of aromatic hydroxyl groups is 1. The van der Waals surface area contributed by atoms with Crippen molar-refractivity contribution in [2.45, 2.75) is 58.8 Å². The van der Waals surface area contributed by atoms with Crippen LogP contribution in [0.4, 0.5) is 4.79 Å². The van der Waals surface area contributed by atoms with Crippen molar-refractivity contribution in [3.8, 4) is 5.75 Å². The molecule has 0 aliphatic carbocycles. The lowest BCUT2D eigenvalue weighted by atomic mass is 9.78. The predicted octanol–water partition coefficient (Wildman–Crippen LogP) is 4.95. The van der Waals surface area contributed by atoms with E-state index in [1.807, 2.05) is 41.5 Å². The normalized spacial score (nSPS) is 12.1. The average Bonchev–Trinajstić information content (AvgIpc) is 2.48. The number of ether oxygens (including phenoxy) is 2. The van der Waals surface area contributed by atoms with E-state index in [0.717, 1.165) is 11.1 Å². The number of halogens is 1. The third kappa shape index (κ3) is 6.61. The molecule has 1 N–H and O–H groups in total. The SMILES string of the molecule is CC(C)(C)c1cc(C(=O)CCOCCOC(=O)Cl)cc(C(C)(C)C)c1O. The summed E-state index contributed by atoms with van der Waals surface area (Å²) in [6.45, 7) is 12.5. The molecule has 146 valence electrons. The highest BCUT2D eigenvalue weighted by Crippen LogP contribution is 2.39. The van der Waals surface area contributed by atoms with Crippen LogP contribution in [0.3, 0.4) is 0 Å². The zero-order valence-corrected chi connectivity index (χ0v) is 17.2. The maximum atomic E-state index is 12.6.